The molecule has 0 saturated carbocycles. The number of piperidine rings is 1. The van der Waals surface area contributed by atoms with Crippen molar-refractivity contribution in [3.63, 3.8) is 0 Å². The van der Waals surface area contributed by atoms with Gasteiger partial charge in [0.25, 0.3) is 5.91 Å². The van der Waals surface area contributed by atoms with Crippen LogP contribution in [0.1, 0.15) is 95.0 Å². The Bertz CT molecular complexity index is 3130. The summed E-state index contributed by atoms with van der Waals surface area (Å²) < 4.78 is 16.6. The Morgan fingerprint density at radius 3 is 2.35 bits per heavy atom. The van der Waals surface area contributed by atoms with Gasteiger partial charge in [0.2, 0.25) is 11.8 Å². The number of fused-ring (bicyclic) bond motifs is 3. The van der Waals surface area contributed by atoms with Gasteiger partial charge < -0.3 is 18.9 Å². The summed E-state index contributed by atoms with van der Waals surface area (Å²) >= 11 is 7.22. The quantitative estimate of drug-likeness (QED) is 0.0721. The van der Waals surface area contributed by atoms with Gasteiger partial charge in [-0.2, -0.15) is 5.10 Å². The molecular formula is C54H58ClN7O6. The van der Waals surface area contributed by atoms with Crippen LogP contribution < -0.4 is 10.1 Å². The summed E-state index contributed by atoms with van der Waals surface area (Å²) in [6.45, 7) is 15.4. The normalized spacial score (nSPS) is 15.9. The molecule has 1 unspecified atom stereocenters. The SMILES string of the molecule is Cc1nc2cc(C(=O)N3CCN(CCn4c(C(=O)OC(C)(C)C)c(CCCOc5cccc6ccccc56)c5ccc(Cl)c(-c6c(C)nn(C)c6C)c54)CC3)ccc2cc1C1CCC(=O)NC1=O. The van der Waals surface area contributed by atoms with Gasteiger partial charge in [0.1, 0.15) is 17.0 Å². The smallest absolute Gasteiger partial charge is 0.355 e. The molecule has 0 aliphatic carbocycles. The van der Waals surface area contributed by atoms with Gasteiger partial charge in [-0.25, -0.2) is 4.79 Å². The van der Waals surface area contributed by atoms with Gasteiger partial charge in [-0.3, -0.25) is 34.3 Å². The summed E-state index contributed by atoms with van der Waals surface area (Å²) in [5.74, 6) is -0.643. The molecule has 2 aliphatic heterocycles. The maximum absolute atomic E-state index is 14.6. The van der Waals surface area contributed by atoms with Crippen molar-refractivity contribution in [1.82, 2.24) is 34.4 Å². The van der Waals surface area contributed by atoms with E-state index in [1.165, 1.54) is 0 Å². The first kappa shape index (κ1) is 46.5. The Balaban J connectivity index is 0.980. The zero-order chi connectivity index (χ0) is 48.0. The number of esters is 1. The molecule has 2 fully saturated rings. The number of aryl methyl sites for hydroxylation is 4. The van der Waals surface area contributed by atoms with Crippen molar-refractivity contribution in [2.75, 3.05) is 39.3 Å². The zero-order valence-corrected chi connectivity index (χ0v) is 40.6. The number of aromatic nitrogens is 4. The molecule has 3 amide bonds. The number of hydrogen-bond donors (Lipinski definition) is 1. The molecular weight excluding hydrogens is 878 g/mol. The summed E-state index contributed by atoms with van der Waals surface area (Å²) in [7, 11) is 1.93. The van der Waals surface area contributed by atoms with Crippen molar-refractivity contribution in [1.29, 1.82) is 0 Å². The van der Waals surface area contributed by atoms with Crippen LogP contribution in [0.2, 0.25) is 5.02 Å². The Morgan fingerprint density at radius 2 is 1.62 bits per heavy atom. The fraction of sp³-hybridized carbons (Fsp3) is 0.370. The van der Waals surface area contributed by atoms with Crippen LogP contribution in [0.5, 0.6) is 5.75 Å². The molecule has 68 heavy (non-hydrogen) atoms. The Labute approximate surface area is 401 Å². The molecule has 2 saturated heterocycles. The molecule has 352 valence electrons. The average molecular weight is 937 g/mol. The van der Waals surface area contributed by atoms with E-state index in [9.17, 15) is 19.2 Å². The van der Waals surface area contributed by atoms with Crippen molar-refractivity contribution in [2.45, 2.75) is 85.3 Å². The molecule has 5 heterocycles. The maximum atomic E-state index is 14.6. The molecule has 0 spiro atoms. The van der Waals surface area contributed by atoms with Crippen LogP contribution in [0.4, 0.5) is 0 Å². The number of nitrogens with one attached hydrogen (secondary N) is 1. The number of imide groups is 1. The first-order chi connectivity index (χ1) is 32.6. The number of halogens is 1. The van der Waals surface area contributed by atoms with Crippen LogP contribution in [0.3, 0.4) is 0 Å². The predicted octanol–water partition coefficient (Wildman–Crippen LogP) is 9.27. The van der Waals surface area contributed by atoms with Crippen molar-refractivity contribution >= 4 is 67.9 Å². The highest BCUT2D eigenvalue weighted by Crippen LogP contribution is 2.43. The zero-order valence-electron chi connectivity index (χ0n) is 39.9. The minimum Gasteiger partial charge on any atom is -0.493 e. The molecule has 0 radical (unpaired) electrons. The minimum absolute atomic E-state index is 0.0700. The van der Waals surface area contributed by atoms with Gasteiger partial charge in [0.05, 0.1) is 34.3 Å². The van der Waals surface area contributed by atoms with Gasteiger partial charge in [-0.1, -0.05) is 60.1 Å². The van der Waals surface area contributed by atoms with E-state index in [2.05, 4.69) is 33.0 Å². The monoisotopic (exact) mass is 935 g/mol. The van der Waals surface area contributed by atoms with E-state index in [1.807, 2.05) is 119 Å². The summed E-state index contributed by atoms with van der Waals surface area (Å²) in [5, 5.41) is 11.7. The Hall–Kier alpha value is -6.57. The third-order valence-electron chi connectivity index (χ3n) is 13.4. The van der Waals surface area contributed by atoms with Gasteiger partial charge in [0, 0.05) is 97.0 Å². The van der Waals surface area contributed by atoms with E-state index in [0.29, 0.717) is 92.6 Å². The standard InChI is InChI=1S/C54H58ClN7O6/c1-32-42(41-20-22-46(63)57-51(41)64)30-36-17-18-37(31-44(36)56-32)52(65)61-26-23-60(24-27-61)25-28-62-49-40(19-21-43(55)48(49)47-33(2)58-59(7)34(47)3)39(50(62)53(66)68-54(4,5)6)15-11-29-67-45-16-10-13-35-12-8-9-14-38(35)45/h8-10,12-14,16-19,21,30-31,41H,11,15,20,22-29H2,1-7H3,(H,57,63,64). The highest BCUT2D eigenvalue weighted by atomic mass is 35.5. The van der Waals surface area contributed by atoms with E-state index >= 15 is 0 Å². The van der Waals surface area contributed by atoms with Crippen molar-refractivity contribution in [2.24, 2.45) is 7.05 Å². The number of carbonyl (C=O) groups excluding carboxylic acids is 4. The van der Waals surface area contributed by atoms with Crippen molar-refractivity contribution < 1.29 is 28.7 Å². The predicted molar refractivity (Wildman–Crippen MR) is 266 cm³/mol. The van der Waals surface area contributed by atoms with Gasteiger partial charge in [-0.05, 0) is 108 Å². The van der Waals surface area contributed by atoms with Crippen LogP contribution in [-0.4, -0.2) is 97.8 Å². The molecule has 1 atom stereocenters. The molecule has 13 nitrogen and oxygen atoms in total. The lowest BCUT2D eigenvalue weighted by Gasteiger charge is -2.35. The number of ether oxygens (including phenoxy) is 2. The fourth-order valence-corrected chi connectivity index (χ4v) is 10.3. The minimum atomic E-state index is -0.744. The molecule has 4 aromatic carbocycles. The van der Waals surface area contributed by atoms with E-state index in [0.717, 1.165) is 66.5 Å². The van der Waals surface area contributed by atoms with Gasteiger partial charge >= 0.3 is 5.97 Å². The highest BCUT2D eigenvalue weighted by molar-refractivity contribution is 6.35. The number of amides is 3. The highest BCUT2D eigenvalue weighted by Gasteiger charge is 2.33. The lowest BCUT2D eigenvalue weighted by Crippen LogP contribution is -2.49. The van der Waals surface area contributed by atoms with Crippen LogP contribution >= 0.6 is 11.6 Å². The maximum Gasteiger partial charge on any atom is 0.355 e. The molecule has 2 aliphatic rings. The van der Waals surface area contributed by atoms with Crippen LogP contribution in [-0.2, 0) is 34.3 Å². The number of pyridine rings is 1. The van der Waals surface area contributed by atoms with Gasteiger partial charge in [-0.15, -0.1) is 0 Å². The van der Waals surface area contributed by atoms with E-state index in [1.54, 1.807) is 0 Å². The number of carbonyl (C=O) groups is 4. The number of nitrogens with zero attached hydrogens (tertiary/aromatic N) is 6. The lowest BCUT2D eigenvalue weighted by molar-refractivity contribution is -0.134. The molecule has 14 heteroatoms. The van der Waals surface area contributed by atoms with Crippen molar-refractivity contribution in [3.05, 3.63) is 123 Å². The topological polar surface area (TPSA) is 141 Å². The Morgan fingerprint density at radius 1 is 0.853 bits per heavy atom. The van der Waals surface area contributed by atoms with Crippen LogP contribution in [0.25, 0.3) is 43.7 Å². The molecule has 0 bridgehead atoms. The molecule has 9 rings (SSSR count). The first-order valence-electron chi connectivity index (χ1n) is 23.5. The second-order valence-electron chi connectivity index (χ2n) is 19.1. The number of hydrogen-bond acceptors (Lipinski definition) is 9. The molecule has 7 aromatic rings. The number of rotatable bonds is 12. The van der Waals surface area contributed by atoms with E-state index in [-0.39, 0.29) is 24.1 Å². The first-order valence-corrected chi connectivity index (χ1v) is 23.9. The number of piperazine rings is 1. The molecule has 3 aromatic heterocycles. The second-order valence-corrected chi connectivity index (χ2v) is 19.5. The summed E-state index contributed by atoms with van der Waals surface area (Å²) in [6.07, 6.45) is 1.94. The third kappa shape index (κ3) is 9.21. The van der Waals surface area contributed by atoms with E-state index < -0.39 is 17.5 Å². The summed E-state index contributed by atoms with van der Waals surface area (Å²) in [6, 6.07) is 25.7. The average Bonchev–Trinajstić information content (AvgIpc) is 3.76. The van der Waals surface area contributed by atoms with Crippen LogP contribution in [0.15, 0.2) is 78.9 Å². The fourth-order valence-electron chi connectivity index (χ4n) is 10.0. The van der Waals surface area contributed by atoms with Crippen molar-refractivity contribution in [3.8, 4) is 16.9 Å². The largest absolute Gasteiger partial charge is 0.493 e. The summed E-state index contributed by atoms with van der Waals surface area (Å²) in [4.78, 5) is 62.1. The number of benzene rings is 4. The third-order valence-corrected chi connectivity index (χ3v) is 13.7. The van der Waals surface area contributed by atoms with Gasteiger partial charge in [0.15, 0.2) is 0 Å². The second kappa shape index (κ2) is 18.8. The summed E-state index contributed by atoms with van der Waals surface area (Å²) in [5.41, 5.74) is 7.79. The Kier molecular flexibility index (Phi) is 12.9. The lowest BCUT2D eigenvalue weighted by atomic mass is 9.88. The molecule has 1 N–H and O–H groups in total. The van der Waals surface area contributed by atoms with Crippen LogP contribution in [0, 0.1) is 20.8 Å². The van der Waals surface area contributed by atoms with E-state index in [4.69, 9.17) is 31.2 Å².